The molecule has 0 fully saturated rings. The maximum Gasteiger partial charge on any atom is 0.408 e. The highest BCUT2D eigenvalue weighted by Gasteiger charge is 2.30. The van der Waals surface area contributed by atoms with E-state index < -0.39 is 17.7 Å². The van der Waals surface area contributed by atoms with Crippen molar-refractivity contribution in [2.45, 2.75) is 38.8 Å². The van der Waals surface area contributed by atoms with Crippen molar-refractivity contribution in [2.24, 2.45) is 0 Å². The first-order chi connectivity index (χ1) is 8.85. The number of aromatic nitrogens is 1. The summed E-state index contributed by atoms with van der Waals surface area (Å²) >= 11 is 0. The zero-order valence-electron chi connectivity index (χ0n) is 11.2. The molecule has 0 bridgehead atoms. The molecule has 102 valence electrons. The molecule has 0 spiro atoms. The van der Waals surface area contributed by atoms with Gasteiger partial charge in [-0.3, -0.25) is 9.78 Å². The van der Waals surface area contributed by atoms with Crippen molar-refractivity contribution < 1.29 is 14.3 Å². The lowest BCUT2D eigenvalue weighted by molar-refractivity contribution is -0.124. The lowest BCUT2D eigenvalue weighted by atomic mass is 10.0. The number of pyridine rings is 1. The van der Waals surface area contributed by atoms with Gasteiger partial charge in [0.1, 0.15) is 0 Å². The van der Waals surface area contributed by atoms with Gasteiger partial charge in [0.2, 0.25) is 0 Å². The smallest absolute Gasteiger partial charge is 0.408 e. The fourth-order valence-electron chi connectivity index (χ4n) is 1.78. The first-order valence-corrected chi connectivity index (χ1v) is 6.08. The number of nitrogens with one attached hydrogen (secondary N) is 2. The van der Waals surface area contributed by atoms with Gasteiger partial charge in [-0.05, 0) is 32.4 Å². The number of hydrogen-bond acceptors (Lipinski definition) is 4. The van der Waals surface area contributed by atoms with Crippen LogP contribution in [0.4, 0.5) is 10.5 Å². The van der Waals surface area contributed by atoms with Crippen molar-refractivity contribution in [2.75, 3.05) is 5.32 Å². The minimum atomic E-state index is -0.808. The van der Waals surface area contributed by atoms with Crippen molar-refractivity contribution in [1.82, 2.24) is 10.3 Å². The van der Waals surface area contributed by atoms with E-state index in [0.717, 1.165) is 5.56 Å². The second kappa shape index (κ2) is 4.87. The van der Waals surface area contributed by atoms with Crippen molar-refractivity contribution in [3.8, 4) is 0 Å². The fourth-order valence-corrected chi connectivity index (χ4v) is 1.78. The second-order valence-electron chi connectivity index (χ2n) is 5.50. The number of nitrogens with zero attached hydrogens (tertiary/aromatic N) is 1. The molecule has 1 aliphatic rings. The van der Waals surface area contributed by atoms with Crippen LogP contribution in [0.3, 0.4) is 0 Å². The number of rotatable bonds is 1. The van der Waals surface area contributed by atoms with Gasteiger partial charge >= 0.3 is 6.09 Å². The van der Waals surface area contributed by atoms with Crippen molar-refractivity contribution >= 4 is 17.7 Å². The fraction of sp³-hybridized carbons (Fsp3) is 0.462. The SMILES string of the molecule is CC(C)(C)NC(=O)OC1Cc2ccncc2NC1=O. The van der Waals surface area contributed by atoms with Gasteiger partial charge in [-0.25, -0.2) is 4.79 Å². The summed E-state index contributed by atoms with van der Waals surface area (Å²) in [7, 11) is 0. The lowest BCUT2D eigenvalue weighted by Crippen LogP contribution is -2.46. The molecule has 6 heteroatoms. The summed E-state index contributed by atoms with van der Waals surface area (Å²) in [6, 6.07) is 1.80. The summed E-state index contributed by atoms with van der Waals surface area (Å²) in [5.41, 5.74) is 1.18. The average Bonchev–Trinajstić information content (AvgIpc) is 2.27. The van der Waals surface area contributed by atoms with E-state index in [-0.39, 0.29) is 5.91 Å². The standard InChI is InChI=1S/C13H17N3O3/c1-13(2,3)16-12(18)19-10-6-8-4-5-14-7-9(8)15-11(10)17/h4-5,7,10H,6H2,1-3H3,(H,15,17)(H,16,18). The number of anilines is 1. The Morgan fingerprint density at radius 2 is 2.26 bits per heavy atom. The molecule has 1 aromatic heterocycles. The van der Waals surface area contributed by atoms with Crippen LogP contribution >= 0.6 is 0 Å². The molecule has 2 rings (SSSR count). The highest BCUT2D eigenvalue weighted by atomic mass is 16.6. The van der Waals surface area contributed by atoms with Crippen molar-refractivity contribution in [3.63, 3.8) is 0 Å². The van der Waals surface area contributed by atoms with E-state index in [0.29, 0.717) is 12.1 Å². The zero-order chi connectivity index (χ0) is 14.0. The van der Waals surface area contributed by atoms with E-state index in [9.17, 15) is 9.59 Å². The summed E-state index contributed by atoms with van der Waals surface area (Å²) in [4.78, 5) is 27.4. The van der Waals surface area contributed by atoms with Crippen LogP contribution in [0.1, 0.15) is 26.3 Å². The average molecular weight is 263 g/mol. The first-order valence-electron chi connectivity index (χ1n) is 6.08. The zero-order valence-corrected chi connectivity index (χ0v) is 11.2. The van der Waals surface area contributed by atoms with Gasteiger partial charge in [0.05, 0.1) is 11.9 Å². The van der Waals surface area contributed by atoms with E-state index in [1.807, 2.05) is 20.8 Å². The van der Waals surface area contributed by atoms with Crippen molar-refractivity contribution in [3.05, 3.63) is 24.0 Å². The first kappa shape index (κ1) is 13.3. The monoisotopic (exact) mass is 263 g/mol. The summed E-state index contributed by atoms with van der Waals surface area (Å²) in [5.74, 6) is -0.329. The van der Waals surface area contributed by atoms with E-state index >= 15 is 0 Å². The third kappa shape index (κ3) is 3.43. The Hall–Kier alpha value is -2.11. The number of fused-ring (bicyclic) bond motifs is 1. The Morgan fingerprint density at radius 3 is 2.95 bits per heavy atom. The van der Waals surface area contributed by atoms with Crippen LogP contribution in [0.2, 0.25) is 0 Å². The summed E-state index contributed by atoms with van der Waals surface area (Å²) in [6.07, 6.45) is 2.19. The molecule has 0 saturated carbocycles. The topological polar surface area (TPSA) is 80.3 Å². The van der Waals surface area contributed by atoms with Crippen molar-refractivity contribution in [1.29, 1.82) is 0 Å². The summed E-state index contributed by atoms with van der Waals surface area (Å²) in [6.45, 7) is 5.53. The van der Waals surface area contributed by atoms with Gasteiger partial charge in [-0.1, -0.05) is 0 Å². The molecule has 6 nitrogen and oxygen atoms in total. The van der Waals surface area contributed by atoms with Crippen LogP contribution in [-0.4, -0.2) is 28.6 Å². The van der Waals surface area contributed by atoms with E-state index in [1.165, 1.54) is 0 Å². The van der Waals surface area contributed by atoms with Gasteiger partial charge < -0.3 is 15.4 Å². The molecular formula is C13H17N3O3. The molecule has 0 saturated heterocycles. The van der Waals surface area contributed by atoms with Crippen LogP contribution in [-0.2, 0) is 16.0 Å². The molecule has 1 atom stereocenters. The maximum absolute atomic E-state index is 11.8. The molecule has 0 aliphatic carbocycles. The molecule has 2 amide bonds. The van der Waals surface area contributed by atoms with E-state index in [1.54, 1.807) is 18.5 Å². The highest BCUT2D eigenvalue weighted by Crippen LogP contribution is 2.22. The number of alkyl carbamates (subject to hydrolysis) is 1. The minimum absolute atomic E-state index is 0.329. The molecule has 2 N–H and O–H groups in total. The number of ether oxygens (including phenoxy) is 1. The van der Waals surface area contributed by atoms with Crippen LogP contribution < -0.4 is 10.6 Å². The maximum atomic E-state index is 11.8. The van der Waals surface area contributed by atoms with Gasteiger partial charge in [0.25, 0.3) is 5.91 Å². The number of hydrogen-bond donors (Lipinski definition) is 2. The summed E-state index contributed by atoms with van der Waals surface area (Å²) in [5, 5.41) is 5.33. The van der Waals surface area contributed by atoms with Gasteiger partial charge in [-0.15, -0.1) is 0 Å². The molecule has 1 aromatic rings. The molecule has 1 aliphatic heterocycles. The van der Waals surface area contributed by atoms with Gasteiger partial charge in [-0.2, -0.15) is 0 Å². The largest absolute Gasteiger partial charge is 0.436 e. The Labute approximate surface area is 111 Å². The molecule has 2 heterocycles. The van der Waals surface area contributed by atoms with Gasteiger partial charge in [0, 0.05) is 18.2 Å². The Kier molecular flexibility index (Phi) is 3.42. The quantitative estimate of drug-likeness (QED) is 0.804. The van der Waals surface area contributed by atoms with Gasteiger partial charge in [0.15, 0.2) is 6.10 Å². The molecule has 1 unspecified atom stereocenters. The Bertz CT molecular complexity index is 508. The third-order valence-corrected chi connectivity index (χ3v) is 2.59. The second-order valence-corrected chi connectivity index (χ2v) is 5.50. The normalized spacial score (nSPS) is 18.3. The number of carbonyl (C=O) groups excluding carboxylic acids is 2. The summed E-state index contributed by atoms with van der Waals surface area (Å²) < 4.78 is 5.15. The molecule has 19 heavy (non-hydrogen) atoms. The van der Waals surface area contributed by atoms with Crippen LogP contribution in [0, 0.1) is 0 Å². The van der Waals surface area contributed by atoms with E-state index in [2.05, 4.69) is 15.6 Å². The molecule has 0 radical (unpaired) electrons. The predicted octanol–water partition coefficient (Wildman–Crippen LogP) is 1.47. The number of carbonyl (C=O) groups is 2. The van der Waals surface area contributed by atoms with Crippen LogP contribution in [0.15, 0.2) is 18.5 Å². The predicted molar refractivity (Wildman–Crippen MR) is 69.7 cm³/mol. The minimum Gasteiger partial charge on any atom is -0.436 e. The van der Waals surface area contributed by atoms with Crippen LogP contribution in [0.5, 0.6) is 0 Å². The van der Waals surface area contributed by atoms with Crippen LogP contribution in [0.25, 0.3) is 0 Å². The van der Waals surface area contributed by atoms with E-state index in [4.69, 9.17) is 4.74 Å². The third-order valence-electron chi connectivity index (χ3n) is 2.59. The lowest BCUT2D eigenvalue weighted by Gasteiger charge is -2.26. The molecule has 0 aromatic carbocycles. The Morgan fingerprint density at radius 1 is 1.53 bits per heavy atom. The molecular weight excluding hydrogens is 246 g/mol. The Balaban J connectivity index is 2.03. The highest BCUT2D eigenvalue weighted by molar-refractivity contribution is 5.98. The number of amides is 2.